The average molecular weight is 630 g/mol. The summed E-state index contributed by atoms with van der Waals surface area (Å²) in [5.74, 6) is 0. The Bertz CT molecular complexity index is 959. The van der Waals surface area contributed by atoms with Crippen LogP contribution < -0.4 is 0 Å². The van der Waals surface area contributed by atoms with Crippen LogP contribution in [0.5, 0.6) is 0 Å². The number of hydrogen-bond donors (Lipinski definition) is 0. The Kier molecular flexibility index (Phi) is 11.4. The van der Waals surface area contributed by atoms with E-state index in [0.29, 0.717) is 11.1 Å². The molecular formula is C24H18Cl2IrN2O2. The summed E-state index contributed by atoms with van der Waals surface area (Å²) in [7, 11) is 9.78. The quantitative estimate of drug-likeness (QED) is 0.242. The fraction of sp³-hybridized carbons (Fsp3) is 0. The second kappa shape index (κ2) is 14.3. The van der Waals surface area contributed by atoms with Crippen molar-refractivity contribution in [2.75, 3.05) is 0 Å². The first kappa shape index (κ1) is 24.6. The van der Waals surface area contributed by atoms with Crippen molar-refractivity contribution < 1.29 is 25.3 Å². The van der Waals surface area contributed by atoms with Gasteiger partial charge in [0.2, 0.25) is 0 Å². The molecule has 0 saturated heterocycles. The van der Waals surface area contributed by atoms with Crippen molar-refractivity contribution in [3.63, 3.8) is 0 Å². The van der Waals surface area contributed by atoms with Gasteiger partial charge in [-0.1, -0.05) is 60.7 Å². The van der Waals surface area contributed by atoms with Gasteiger partial charge in [0.05, 0.1) is 11.4 Å². The van der Waals surface area contributed by atoms with E-state index in [2.05, 4.69) is 9.97 Å². The predicted molar refractivity (Wildman–Crippen MR) is 122 cm³/mol. The molecule has 0 radical (unpaired) electrons. The van der Waals surface area contributed by atoms with E-state index in [1.54, 1.807) is 36.7 Å². The van der Waals surface area contributed by atoms with Gasteiger partial charge in [0.1, 0.15) is 12.6 Å². The summed E-state index contributed by atoms with van der Waals surface area (Å²) < 4.78 is 0. The monoisotopic (exact) mass is 629 g/mol. The number of pyridine rings is 2. The van der Waals surface area contributed by atoms with E-state index in [9.17, 15) is 9.59 Å². The SMILES string of the molecule is O=Cc1ccc(-c2ccccn2)cc1.O=Cc1ccc(-c2ccccn2)cc1.[Cl][Ir][Cl]. The van der Waals surface area contributed by atoms with Crippen LogP contribution in [0.2, 0.25) is 0 Å². The maximum absolute atomic E-state index is 10.4. The average Bonchev–Trinajstić information content (AvgIpc) is 2.86. The fourth-order valence-electron chi connectivity index (χ4n) is 2.53. The van der Waals surface area contributed by atoms with Crippen molar-refractivity contribution >= 4 is 31.7 Å². The van der Waals surface area contributed by atoms with E-state index in [4.69, 9.17) is 19.2 Å². The molecular weight excluding hydrogens is 611 g/mol. The number of aromatic nitrogens is 2. The van der Waals surface area contributed by atoms with Crippen LogP contribution in [0.25, 0.3) is 22.5 Å². The summed E-state index contributed by atoms with van der Waals surface area (Å²) in [4.78, 5) is 29.3. The zero-order valence-corrected chi connectivity index (χ0v) is 20.1. The van der Waals surface area contributed by atoms with Crippen molar-refractivity contribution in [3.05, 3.63) is 108 Å². The maximum atomic E-state index is 10.4. The van der Waals surface area contributed by atoms with Crippen LogP contribution in [0.3, 0.4) is 0 Å². The van der Waals surface area contributed by atoms with E-state index in [0.717, 1.165) is 35.1 Å². The Labute approximate surface area is 197 Å². The van der Waals surface area contributed by atoms with E-state index < -0.39 is 15.7 Å². The normalized spacial score (nSPS) is 9.48. The summed E-state index contributed by atoms with van der Waals surface area (Å²) >= 11 is -0.556. The summed E-state index contributed by atoms with van der Waals surface area (Å²) in [5, 5.41) is 0. The second-order valence-electron chi connectivity index (χ2n) is 5.96. The number of benzene rings is 2. The van der Waals surface area contributed by atoms with Gasteiger partial charge < -0.3 is 0 Å². The molecule has 2 aromatic heterocycles. The molecule has 0 atom stereocenters. The van der Waals surface area contributed by atoms with Gasteiger partial charge in [-0.15, -0.1) is 0 Å². The van der Waals surface area contributed by atoms with Crippen molar-refractivity contribution in [2.45, 2.75) is 0 Å². The fourth-order valence-corrected chi connectivity index (χ4v) is 2.53. The molecule has 0 N–H and O–H groups in total. The molecule has 2 aromatic carbocycles. The number of rotatable bonds is 4. The van der Waals surface area contributed by atoms with Gasteiger partial charge in [0.15, 0.2) is 0 Å². The molecule has 2 heterocycles. The molecule has 0 spiro atoms. The first-order valence-electron chi connectivity index (χ1n) is 8.98. The second-order valence-corrected chi connectivity index (χ2v) is 9.42. The first-order valence-corrected chi connectivity index (χ1v) is 14.9. The van der Waals surface area contributed by atoms with Crippen LogP contribution in [0, 0.1) is 0 Å². The van der Waals surface area contributed by atoms with Crippen LogP contribution in [-0.4, -0.2) is 22.5 Å². The molecule has 4 rings (SSSR count). The molecule has 4 aromatic rings. The van der Waals surface area contributed by atoms with Crippen LogP contribution in [0.15, 0.2) is 97.3 Å². The third-order valence-corrected chi connectivity index (χ3v) is 4.01. The topological polar surface area (TPSA) is 59.9 Å². The van der Waals surface area contributed by atoms with Gasteiger partial charge in [-0.05, 0) is 24.3 Å². The molecule has 0 unspecified atom stereocenters. The Morgan fingerprint density at radius 2 is 0.935 bits per heavy atom. The van der Waals surface area contributed by atoms with Crippen molar-refractivity contribution in [3.8, 4) is 22.5 Å². The summed E-state index contributed by atoms with van der Waals surface area (Å²) in [6.45, 7) is 0. The van der Waals surface area contributed by atoms with E-state index in [1.165, 1.54) is 0 Å². The van der Waals surface area contributed by atoms with Gasteiger partial charge >= 0.3 is 34.8 Å². The van der Waals surface area contributed by atoms with Crippen LogP contribution in [-0.2, 0) is 15.7 Å². The standard InChI is InChI=1S/2C12H9NO.2ClH.Ir/c2*14-9-10-4-6-11(7-5-10)12-3-1-2-8-13-12;;;/h2*1-9H;2*1H;/q;;;;+2/p-2. The van der Waals surface area contributed by atoms with E-state index in [1.807, 2.05) is 60.7 Å². The molecule has 31 heavy (non-hydrogen) atoms. The number of nitrogens with zero attached hydrogens (tertiary/aromatic N) is 2. The Balaban J connectivity index is 0.000000196. The van der Waals surface area contributed by atoms with Gasteiger partial charge in [0.25, 0.3) is 0 Å². The Morgan fingerprint density at radius 1 is 0.581 bits per heavy atom. The van der Waals surface area contributed by atoms with Gasteiger partial charge in [-0.3, -0.25) is 19.6 Å². The van der Waals surface area contributed by atoms with E-state index in [-0.39, 0.29) is 0 Å². The number of carbonyl (C=O) groups is 2. The number of hydrogen-bond acceptors (Lipinski definition) is 4. The third kappa shape index (κ3) is 8.52. The van der Waals surface area contributed by atoms with Crippen LogP contribution in [0.1, 0.15) is 20.7 Å². The summed E-state index contributed by atoms with van der Waals surface area (Å²) in [6.07, 6.45) is 5.18. The number of carbonyl (C=O) groups excluding carboxylic acids is 2. The molecule has 7 heteroatoms. The predicted octanol–water partition coefficient (Wildman–Crippen LogP) is 6.50. The zero-order chi connectivity index (χ0) is 22.3. The first-order chi connectivity index (χ1) is 15.2. The van der Waals surface area contributed by atoms with Crippen molar-refractivity contribution in [2.24, 2.45) is 0 Å². The Morgan fingerprint density at radius 3 is 1.19 bits per heavy atom. The van der Waals surface area contributed by atoms with E-state index >= 15 is 0 Å². The minimum atomic E-state index is -0.556. The molecule has 0 aliphatic heterocycles. The Hall–Kier alpha value is -2.69. The molecule has 0 amide bonds. The number of aldehydes is 2. The van der Waals surface area contributed by atoms with Crippen molar-refractivity contribution in [1.29, 1.82) is 0 Å². The zero-order valence-electron chi connectivity index (χ0n) is 16.2. The molecule has 0 aliphatic rings. The van der Waals surface area contributed by atoms with Gasteiger partial charge in [0, 0.05) is 34.6 Å². The number of halogens is 2. The molecule has 0 fully saturated rings. The van der Waals surface area contributed by atoms with Gasteiger partial charge in [-0.2, -0.15) is 0 Å². The molecule has 0 aliphatic carbocycles. The van der Waals surface area contributed by atoms with Crippen molar-refractivity contribution in [1.82, 2.24) is 9.97 Å². The molecule has 159 valence electrons. The minimum absolute atomic E-state index is 0.556. The third-order valence-electron chi connectivity index (χ3n) is 4.01. The molecule has 4 nitrogen and oxygen atoms in total. The molecule has 0 bridgehead atoms. The summed E-state index contributed by atoms with van der Waals surface area (Å²) in [6, 6.07) is 26.3. The van der Waals surface area contributed by atoms with Gasteiger partial charge in [-0.25, -0.2) is 0 Å². The van der Waals surface area contributed by atoms with Crippen LogP contribution >= 0.6 is 19.2 Å². The summed E-state index contributed by atoms with van der Waals surface area (Å²) in [5.41, 5.74) is 5.26. The molecule has 0 saturated carbocycles. The van der Waals surface area contributed by atoms with Crippen LogP contribution in [0.4, 0.5) is 0 Å².